The van der Waals surface area contributed by atoms with E-state index in [1.807, 2.05) is 24.3 Å². The highest BCUT2D eigenvalue weighted by Gasteiger charge is 2.16. The Morgan fingerprint density at radius 3 is 2.41 bits per heavy atom. The third kappa shape index (κ3) is 4.41. The van der Waals surface area contributed by atoms with Crippen LogP contribution in [0.5, 0.6) is 5.75 Å². The number of amides is 2. The van der Waals surface area contributed by atoms with E-state index in [4.69, 9.17) is 4.74 Å². The van der Waals surface area contributed by atoms with E-state index >= 15 is 0 Å². The average molecular weight is 429 g/mol. The first-order valence-electron chi connectivity index (χ1n) is 9.87. The van der Waals surface area contributed by atoms with Crippen molar-refractivity contribution in [1.29, 1.82) is 0 Å². The van der Waals surface area contributed by atoms with Gasteiger partial charge >= 0.3 is 0 Å². The molecule has 1 heterocycles. The Labute approximate surface area is 184 Å². The number of nitrogens with zero attached hydrogens (tertiary/aromatic N) is 1. The molecule has 0 fully saturated rings. The second kappa shape index (κ2) is 8.85. The highest BCUT2D eigenvalue weighted by atomic mass is 19.1. The van der Waals surface area contributed by atoms with Crippen LogP contribution in [0, 0.1) is 5.82 Å². The number of methoxy groups -OCH3 is 1. The lowest BCUT2D eigenvalue weighted by Gasteiger charge is -2.14. The van der Waals surface area contributed by atoms with Gasteiger partial charge in [-0.3, -0.25) is 9.59 Å². The van der Waals surface area contributed by atoms with Gasteiger partial charge in [0, 0.05) is 23.6 Å². The van der Waals surface area contributed by atoms with E-state index in [-0.39, 0.29) is 17.6 Å². The Kier molecular flexibility index (Phi) is 5.81. The maximum atomic E-state index is 13.4. The summed E-state index contributed by atoms with van der Waals surface area (Å²) in [4.78, 5) is 29.4. The van der Waals surface area contributed by atoms with Gasteiger partial charge in [-0.05, 0) is 54.6 Å². The molecule has 1 aromatic heterocycles. The van der Waals surface area contributed by atoms with Crippen molar-refractivity contribution in [3.8, 4) is 17.0 Å². The van der Waals surface area contributed by atoms with Crippen LogP contribution in [0.3, 0.4) is 0 Å². The van der Waals surface area contributed by atoms with Gasteiger partial charge in [0.25, 0.3) is 5.91 Å². The predicted molar refractivity (Wildman–Crippen MR) is 122 cm³/mol. The van der Waals surface area contributed by atoms with Crippen LogP contribution in [0.15, 0.2) is 72.8 Å². The van der Waals surface area contributed by atoms with Gasteiger partial charge in [-0.1, -0.05) is 18.2 Å². The fourth-order valence-electron chi connectivity index (χ4n) is 3.41. The third-order valence-corrected chi connectivity index (χ3v) is 4.87. The number of carbonyl (C=O) groups excluding carboxylic acids is 2. The van der Waals surface area contributed by atoms with Gasteiger partial charge < -0.3 is 15.4 Å². The largest absolute Gasteiger partial charge is 0.495 e. The quantitative estimate of drug-likeness (QED) is 0.454. The van der Waals surface area contributed by atoms with Gasteiger partial charge in [0.05, 0.1) is 29.6 Å². The molecule has 7 heteroatoms. The van der Waals surface area contributed by atoms with Gasteiger partial charge in [0.1, 0.15) is 11.6 Å². The molecule has 4 aromatic rings. The molecule has 3 aromatic carbocycles. The first-order valence-corrected chi connectivity index (χ1v) is 9.87. The Morgan fingerprint density at radius 2 is 1.69 bits per heavy atom. The number of para-hydroxylation sites is 1. The predicted octanol–water partition coefficient (Wildman–Crippen LogP) is 5.26. The molecule has 6 nitrogen and oxygen atoms in total. The number of nitrogens with one attached hydrogen (secondary N) is 2. The molecule has 0 saturated heterocycles. The molecule has 0 atom stereocenters. The van der Waals surface area contributed by atoms with Crippen LogP contribution in [0.2, 0.25) is 0 Å². The molecule has 0 spiro atoms. The minimum atomic E-state index is -0.370. The van der Waals surface area contributed by atoms with Crippen LogP contribution >= 0.6 is 0 Å². The third-order valence-electron chi connectivity index (χ3n) is 4.87. The van der Waals surface area contributed by atoms with Crippen molar-refractivity contribution in [1.82, 2.24) is 4.98 Å². The van der Waals surface area contributed by atoms with Crippen molar-refractivity contribution >= 4 is 34.1 Å². The molecule has 2 amide bonds. The molecule has 160 valence electrons. The van der Waals surface area contributed by atoms with Crippen molar-refractivity contribution < 1.29 is 18.7 Å². The normalized spacial score (nSPS) is 10.6. The Hall–Kier alpha value is -4.26. The van der Waals surface area contributed by atoms with Crippen LogP contribution in [0.4, 0.5) is 15.8 Å². The van der Waals surface area contributed by atoms with E-state index in [0.717, 1.165) is 0 Å². The molecule has 0 radical (unpaired) electrons. The number of benzene rings is 3. The number of hydrogen-bond donors (Lipinski definition) is 2. The van der Waals surface area contributed by atoms with E-state index in [9.17, 15) is 14.0 Å². The topological polar surface area (TPSA) is 80.3 Å². The van der Waals surface area contributed by atoms with Crippen LogP contribution in [0.1, 0.15) is 17.3 Å². The lowest BCUT2D eigenvalue weighted by molar-refractivity contribution is -0.114. The van der Waals surface area contributed by atoms with E-state index in [1.165, 1.54) is 26.2 Å². The summed E-state index contributed by atoms with van der Waals surface area (Å²) in [5.74, 6) is -0.495. The summed E-state index contributed by atoms with van der Waals surface area (Å²) in [6.45, 7) is 1.41. The summed E-state index contributed by atoms with van der Waals surface area (Å²) in [6.07, 6.45) is 0. The smallest absolute Gasteiger partial charge is 0.256 e. The number of halogens is 1. The number of pyridine rings is 1. The minimum absolute atomic E-state index is 0.225. The zero-order valence-corrected chi connectivity index (χ0v) is 17.5. The van der Waals surface area contributed by atoms with Gasteiger partial charge in [0.2, 0.25) is 5.91 Å². The highest BCUT2D eigenvalue weighted by Crippen LogP contribution is 2.30. The number of aromatic nitrogens is 1. The van der Waals surface area contributed by atoms with E-state index in [1.54, 1.807) is 36.4 Å². The second-order valence-corrected chi connectivity index (χ2v) is 7.13. The van der Waals surface area contributed by atoms with E-state index in [2.05, 4.69) is 15.6 Å². The molecule has 0 saturated carbocycles. The molecule has 0 aliphatic heterocycles. The maximum Gasteiger partial charge on any atom is 0.256 e. The zero-order valence-electron chi connectivity index (χ0n) is 17.5. The molecule has 2 N–H and O–H groups in total. The molecule has 0 unspecified atom stereocenters. The molecule has 0 bridgehead atoms. The van der Waals surface area contributed by atoms with Gasteiger partial charge in [0.15, 0.2) is 0 Å². The van der Waals surface area contributed by atoms with Crippen LogP contribution in [-0.4, -0.2) is 23.9 Å². The number of rotatable bonds is 5. The minimum Gasteiger partial charge on any atom is -0.495 e. The van der Waals surface area contributed by atoms with Crippen LogP contribution < -0.4 is 15.4 Å². The fourth-order valence-corrected chi connectivity index (χ4v) is 3.41. The highest BCUT2D eigenvalue weighted by molar-refractivity contribution is 6.13. The van der Waals surface area contributed by atoms with E-state index < -0.39 is 0 Å². The standard InChI is InChI=1S/C25H20FN3O3/c1-15(30)27-18-11-12-24(32-2)23(13-18)29-25(31)20-14-22(16-7-9-17(26)10-8-16)28-21-6-4-3-5-19(20)21/h3-14H,1-2H3,(H,27,30)(H,29,31). The zero-order chi connectivity index (χ0) is 22.7. The van der Waals surface area contributed by atoms with Crippen molar-refractivity contribution in [2.75, 3.05) is 17.7 Å². The van der Waals surface area contributed by atoms with Gasteiger partial charge in [-0.25, -0.2) is 9.37 Å². The summed E-state index contributed by atoms with van der Waals surface area (Å²) in [6, 6.07) is 19.9. The summed E-state index contributed by atoms with van der Waals surface area (Å²) in [5, 5.41) is 6.23. The Morgan fingerprint density at radius 1 is 0.938 bits per heavy atom. The molecular formula is C25H20FN3O3. The van der Waals surface area contributed by atoms with Crippen molar-refractivity contribution in [2.45, 2.75) is 6.92 Å². The Bertz CT molecular complexity index is 1320. The molecule has 4 rings (SSSR count). The number of ether oxygens (including phenoxy) is 1. The lowest BCUT2D eigenvalue weighted by atomic mass is 10.0. The molecule has 0 aliphatic carbocycles. The Balaban J connectivity index is 1.77. The second-order valence-electron chi connectivity index (χ2n) is 7.13. The van der Waals surface area contributed by atoms with Crippen molar-refractivity contribution in [2.24, 2.45) is 0 Å². The molecular weight excluding hydrogens is 409 g/mol. The van der Waals surface area contributed by atoms with Crippen LogP contribution in [-0.2, 0) is 4.79 Å². The lowest BCUT2D eigenvalue weighted by Crippen LogP contribution is -2.14. The number of fused-ring (bicyclic) bond motifs is 1. The average Bonchev–Trinajstić information content (AvgIpc) is 2.78. The summed E-state index contributed by atoms with van der Waals surface area (Å²) in [5.41, 5.74) is 3.22. The van der Waals surface area contributed by atoms with Gasteiger partial charge in [-0.2, -0.15) is 0 Å². The number of hydrogen-bond acceptors (Lipinski definition) is 4. The summed E-state index contributed by atoms with van der Waals surface area (Å²) in [7, 11) is 1.50. The van der Waals surface area contributed by atoms with Crippen molar-refractivity contribution in [3.05, 3.63) is 84.2 Å². The number of anilines is 2. The fraction of sp³-hybridized carbons (Fsp3) is 0.0800. The van der Waals surface area contributed by atoms with Crippen molar-refractivity contribution in [3.63, 3.8) is 0 Å². The SMILES string of the molecule is COc1ccc(NC(C)=O)cc1NC(=O)c1cc(-c2ccc(F)cc2)nc2ccccc12. The van der Waals surface area contributed by atoms with Crippen LogP contribution in [0.25, 0.3) is 22.2 Å². The van der Waals surface area contributed by atoms with Gasteiger partial charge in [-0.15, -0.1) is 0 Å². The maximum absolute atomic E-state index is 13.4. The molecule has 32 heavy (non-hydrogen) atoms. The number of carbonyl (C=O) groups is 2. The van der Waals surface area contributed by atoms with E-state index in [0.29, 0.717) is 44.8 Å². The summed E-state index contributed by atoms with van der Waals surface area (Å²) < 4.78 is 18.7. The monoisotopic (exact) mass is 429 g/mol. The first-order chi connectivity index (χ1) is 15.4. The first kappa shape index (κ1) is 21.0. The summed E-state index contributed by atoms with van der Waals surface area (Å²) >= 11 is 0. The molecule has 0 aliphatic rings.